The first kappa shape index (κ1) is 19.4. The monoisotopic (exact) mass is 372 g/mol. The lowest BCUT2D eigenvalue weighted by molar-refractivity contribution is -0.136. The third kappa shape index (κ3) is 5.07. The first-order chi connectivity index (χ1) is 13.5. The summed E-state index contributed by atoms with van der Waals surface area (Å²) in [5.74, 6) is -1.33. The largest absolute Gasteiger partial charge is 0.347 e. The summed E-state index contributed by atoms with van der Waals surface area (Å²) in [6, 6.07) is 25.6. The Morgan fingerprint density at radius 1 is 0.750 bits per heavy atom. The lowest BCUT2D eigenvalue weighted by Crippen LogP contribution is -2.37. The summed E-state index contributed by atoms with van der Waals surface area (Å²) >= 11 is 0. The van der Waals surface area contributed by atoms with Crippen LogP contribution in [0.3, 0.4) is 0 Å². The number of carbonyl (C=O) groups excluding carboxylic acids is 2. The molecule has 2 N–H and O–H groups in total. The van der Waals surface area contributed by atoms with Gasteiger partial charge < -0.3 is 10.6 Å². The van der Waals surface area contributed by atoms with E-state index in [1.54, 1.807) is 0 Å². The first-order valence-electron chi connectivity index (χ1n) is 9.30. The number of amides is 2. The minimum absolute atomic E-state index is 0.0274. The normalized spacial score (nSPS) is 10.5. The quantitative estimate of drug-likeness (QED) is 0.660. The van der Waals surface area contributed by atoms with Gasteiger partial charge in [0.1, 0.15) is 0 Å². The van der Waals surface area contributed by atoms with Crippen LogP contribution in [0, 0.1) is 13.8 Å². The third-order valence-electron chi connectivity index (χ3n) is 4.56. The first-order valence-corrected chi connectivity index (χ1v) is 9.30. The molecule has 0 unspecified atom stereocenters. The van der Waals surface area contributed by atoms with Gasteiger partial charge in [-0.3, -0.25) is 9.59 Å². The van der Waals surface area contributed by atoms with Gasteiger partial charge in [0.15, 0.2) is 0 Å². The van der Waals surface area contributed by atoms with Crippen LogP contribution in [0.5, 0.6) is 0 Å². The zero-order valence-corrected chi connectivity index (χ0v) is 16.1. The van der Waals surface area contributed by atoms with Crippen molar-refractivity contribution in [3.05, 3.63) is 101 Å². The lowest BCUT2D eigenvalue weighted by atomic mass is 9.91. The molecule has 2 amide bonds. The van der Waals surface area contributed by atoms with Crippen molar-refractivity contribution >= 4 is 17.5 Å². The van der Waals surface area contributed by atoms with E-state index in [1.807, 2.05) is 92.7 Å². The van der Waals surface area contributed by atoms with E-state index < -0.39 is 11.8 Å². The summed E-state index contributed by atoms with van der Waals surface area (Å²) < 4.78 is 0. The van der Waals surface area contributed by atoms with E-state index in [1.165, 1.54) is 0 Å². The number of nitrogens with one attached hydrogen (secondary N) is 2. The number of hydrogen-bond donors (Lipinski definition) is 2. The highest BCUT2D eigenvalue weighted by atomic mass is 16.2. The number of benzene rings is 3. The lowest BCUT2D eigenvalue weighted by Gasteiger charge is -2.18. The van der Waals surface area contributed by atoms with Crippen molar-refractivity contribution in [3.8, 4) is 0 Å². The SMILES string of the molecule is Cc1cc(C)cc(NC(=O)C(=O)NCC(c2ccccc2)c2ccccc2)c1. The molecule has 3 aromatic carbocycles. The number of hydrogen-bond acceptors (Lipinski definition) is 2. The fraction of sp³-hybridized carbons (Fsp3) is 0.167. The van der Waals surface area contributed by atoms with Crippen molar-refractivity contribution < 1.29 is 9.59 Å². The van der Waals surface area contributed by atoms with Crippen molar-refractivity contribution in [2.45, 2.75) is 19.8 Å². The molecule has 0 bridgehead atoms. The van der Waals surface area contributed by atoms with Crippen molar-refractivity contribution in [1.29, 1.82) is 0 Å². The van der Waals surface area contributed by atoms with E-state index in [9.17, 15) is 9.59 Å². The minimum Gasteiger partial charge on any atom is -0.347 e. The Morgan fingerprint density at radius 2 is 1.25 bits per heavy atom. The van der Waals surface area contributed by atoms with Gasteiger partial charge in [0.05, 0.1) is 0 Å². The molecule has 0 spiro atoms. The maximum absolute atomic E-state index is 12.4. The molecule has 28 heavy (non-hydrogen) atoms. The van der Waals surface area contributed by atoms with Gasteiger partial charge in [0.2, 0.25) is 0 Å². The molecule has 0 aliphatic heterocycles. The molecule has 142 valence electrons. The number of carbonyl (C=O) groups is 2. The topological polar surface area (TPSA) is 58.2 Å². The summed E-state index contributed by atoms with van der Waals surface area (Å²) in [6.07, 6.45) is 0. The van der Waals surface area contributed by atoms with E-state index in [0.717, 1.165) is 22.3 Å². The smallest absolute Gasteiger partial charge is 0.313 e. The highest BCUT2D eigenvalue weighted by molar-refractivity contribution is 6.39. The molecule has 0 atom stereocenters. The van der Waals surface area contributed by atoms with Gasteiger partial charge in [0, 0.05) is 18.2 Å². The average molecular weight is 372 g/mol. The van der Waals surface area contributed by atoms with Gasteiger partial charge in [-0.25, -0.2) is 0 Å². The molecule has 3 rings (SSSR count). The molecular weight excluding hydrogens is 348 g/mol. The van der Waals surface area contributed by atoms with Crippen LogP contribution in [-0.4, -0.2) is 18.4 Å². The van der Waals surface area contributed by atoms with Crippen LogP contribution < -0.4 is 10.6 Å². The minimum atomic E-state index is -0.662. The Kier molecular flexibility index (Phi) is 6.22. The Bertz CT molecular complexity index is 893. The maximum Gasteiger partial charge on any atom is 0.313 e. The van der Waals surface area contributed by atoms with Crippen LogP contribution in [0.25, 0.3) is 0 Å². The van der Waals surface area contributed by atoms with Gasteiger partial charge in [0.25, 0.3) is 0 Å². The molecule has 0 radical (unpaired) electrons. The fourth-order valence-corrected chi connectivity index (χ4v) is 3.31. The van der Waals surface area contributed by atoms with Gasteiger partial charge in [-0.15, -0.1) is 0 Å². The van der Waals surface area contributed by atoms with E-state index in [4.69, 9.17) is 0 Å². The predicted octanol–water partition coefficient (Wildman–Crippen LogP) is 4.19. The number of rotatable bonds is 5. The van der Waals surface area contributed by atoms with Crippen LogP contribution in [0.2, 0.25) is 0 Å². The van der Waals surface area contributed by atoms with Crippen molar-refractivity contribution in [2.75, 3.05) is 11.9 Å². The molecule has 0 fully saturated rings. The van der Waals surface area contributed by atoms with Crippen LogP contribution >= 0.6 is 0 Å². The average Bonchev–Trinajstić information content (AvgIpc) is 2.69. The zero-order valence-electron chi connectivity index (χ0n) is 16.1. The van der Waals surface area contributed by atoms with Crippen LogP contribution in [0.15, 0.2) is 78.9 Å². The Hall–Kier alpha value is -3.40. The second kappa shape index (κ2) is 9.00. The zero-order chi connectivity index (χ0) is 19.9. The highest BCUT2D eigenvalue weighted by Gasteiger charge is 2.19. The van der Waals surface area contributed by atoms with E-state index in [-0.39, 0.29) is 5.92 Å². The Labute approximate surface area is 165 Å². The number of anilines is 1. The summed E-state index contributed by atoms with van der Waals surface area (Å²) in [5, 5.41) is 5.45. The fourth-order valence-electron chi connectivity index (χ4n) is 3.31. The molecular formula is C24H24N2O2. The highest BCUT2D eigenvalue weighted by Crippen LogP contribution is 2.23. The van der Waals surface area contributed by atoms with Crippen molar-refractivity contribution in [3.63, 3.8) is 0 Å². The molecule has 4 nitrogen and oxygen atoms in total. The predicted molar refractivity (Wildman–Crippen MR) is 112 cm³/mol. The van der Waals surface area contributed by atoms with E-state index in [0.29, 0.717) is 12.2 Å². The Balaban J connectivity index is 1.69. The van der Waals surface area contributed by atoms with Crippen LogP contribution in [0.1, 0.15) is 28.2 Å². The second-order valence-electron chi connectivity index (χ2n) is 6.91. The summed E-state index contributed by atoms with van der Waals surface area (Å²) in [5.41, 5.74) is 4.86. The molecule has 0 aliphatic rings. The van der Waals surface area contributed by atoms with Crippen molar-refractivity contribution in [1.82, 2.24) is 5.32 Å². The van der Waals surface area contributed by atoms with E-state index in [2.05, 4.69) is 10.6 Å². The van der Waals surface area contributed by atoms with Gasteiger partial charge in [-0.2, -0.15) is 0 Å². The van der Waals surface area contributed by atoms with Crippen molar-refractivity contribution in [2.24, 2.45) is 0 Å². The summed E-state index contributed by atoms with van der Waals surface area (Å²) in [4.78, 5) is 24.7. The number of aryl methyl sites for hydroxylation is 2. The summed E-state index contributed by atoms with van der Waals surface area (Å²) in [7, 11) is 0. The molecule has 0 saturated carbocycles. The van der Waals surface area contributed by atoms with Gasteiger partial charge in [-0.1, -0.05) is 66.7 Å². The summed E-state index contributed by atoms with van der Waals surface area (Å²) in [6.45, 7) is 4.24. The van der Waals surface area contributed by atoms with Crippen LogP contribution in [-0.2, 0) is 9.59 Å². The maximum atomic E-state index is 12.4. The molecule has 0 heterocycles. The standard InChI is InChI=1S/C24H24N2O2/c1-17-13-18(2)15-21(14-17)26-24(28)23(27)25-16-22(19-9-5-3-6-10-19)20-11-7-4-8-12-20/h3-15,22H,16H2,1-2H3,(H,25,27)(H,26,28). The van der Waals surface area contributed by atoms with Gasteiger partial charge in [-0.05, 0) is 48.2 Å². The molecule has 4 heteroatoms. The molecule has 0 aromatic heterocycles. The van der Waals surface area contributed by atoms with E-state index >= 15 is 0 Å². The third-order valence-corrected chi connectivity index (χ3v) is 4.56. The molecule has 0 aliphatic carbocycles. The van der Waals surface area contributed by atoms with Gasteiger partial charge >= 0.3 is 11.8 Å². The second-order valence-corrected chi connectivity index (χ2v) is 6.91. The molecule has 3 aromatic rings. The van der Waals surface area contributed by atoms with Crippen LogP contribution in [0.4, 0.5) is 5.69 Å². The Morgan fingerprint density at radius 3 is 1.75 bits per heavy atom. The molecule has 0 saturated heterocycles.